The molecule has 2 aromatic rings. The van der Waals surface area contributed by atoms with Gasteiger partial charge < -0.3 is 5.32 Å². The zero-order valence-corrected chi connectivity index (χ0v) is 9.34. The molecule has 0 unspecified atom stereocenters. The van der Waals surface area contributed by atoms with Crippen LogP contribution in [-0.4, -0.2) is 0 Å². The van der Waals surface area contributed by atoms with Crippen molar-refractivity contribution in [3.05, 3.63) is 64.9 Å². The monoisotopic (exact) mass is 235 g/mol. The zero-order valence-electron chi connectivity index (χ0n) is 8.58. The van der Waals surface area contributed by atoms with E-state index < -0.39 is 0 Å². The fourth-order valence-corrected chi connectivity index (χ4v) is 1.64. The summed E-state index contributed by atoms with van der Waals surface area (Å²) in [4.78, 5) is 0. The summed E-state index contributed by atoms with van der Waals surface area (Å²) >= 11 is 5.85. The van der Waals surface area contributed by atoms with Crippen molar-refractivity contribution in [1.29, 1.82) is 0 Å². The summed E-state index contributed by atoms with van der Waals surface area (Å²) in [7, 11) is 0. The maximum atomic E-state index is 12.9. The number of hydrogen-bond acceptors (Lipinski definition) is 1. The molecule has 0 aliphatic heterocycles. The van der Waals surface area contributed by atoms with Gasteiger partial charge in [0.15, 0.2) is 0 Å². The second-order valence-corrected chi connectivity index (χ2v) is 3.93. The maximum absolute atomic E-state index is 12.9. The van der Waals surface area contributed by atoms with Crippen molar-refractivity contribution in [3.63, 3.8) is 0 Å². The predicted octanol–water partition coefficient (Wildman–Crippen LogP) is 4.09. The van der Waals surface area contributed by atoms with Crippen LogP contribution in [0.2, 0.25) is 5.02 Å². The van der Waals surface area contributed by atoms with Crippen molar-refractivity contribution in [1.82, 2.24) is 0 Å². The SMILES string of the molecule is Fc1cccc(CNc2cccc(Cl)c2)c1. The van der Waals surface area contributed by atoms with Crippen LogP contribution in [0.5, 0.6) is 0 Å². The summed E-state index contributed by atoms with van der Waals surface area (Å²) in [6.45, 7) is 0.581. The summed E-state index contributed by atoms with van der Waals surface area (Å²) in [5.41, 5.74) is 1.83. The average molecular weight is 236 g/mol. The van der Waals surface area contributed by atoms with Crippen LogP contribution < -0.4 is 5.32 Å². The van der Waals surface area contributed by atoms with Crippen LogP contribution in [0.3, 0.4) is 0 Å². The highest BCUT2D eigenvalue weighted by molar-refractivity contribution is 6.30. The first-order chi connectivity index (χ1) is 7.74. The molecule has 0 radical (unpaired) electrons. The van der Waals surface area contributed by atoms with E-state index in [1.165, 1.54) is 12.1 Å². The van der Waals surface area contributed by atoms with Crippen molar-refractivity contribution in [2.24, 2.45) is 0 Å². The van der Waals surface area contributed by atoms with Gasteiger partial charge in [0.2, 0.25) is 0 Å². The molecule has 0 aliphatic rings. The van der Waals surface area contributed by atoms with Gasteiger partial charge in [0.05, 0.1) is 0 Å². The van der Waals surface area contributed by atoms with E-state index in [1.807, 2.05) is 30.3 Å². The summed E-state index contributed by atoms with van der Waals surface area (Å²) in [6.07, 6.45) is 0. The smallest absolute Gasteiger partial charge is 0.123 e. The summed E-state index contributed by atoms with van der Waals surface area (Å²) in [6, 6.07) is 14.0. The lowest BCUT2D eigenvalue weighted by molar-refractivity contribution is 0.626. The molecule has 0 saturated heterocycles. The lowest BCUT2D eigenvalue weighted by atomic mass is 10.2. The van der Waals surface area contributed by atoms with Crippen LogP contribution in [0.25, 0.3) is 0 Å². The third kappa shape index (κ3) is 2.97. The molecule has 0 amide bonds. The van der Waals surface area contributed by atoms with E-state index in [0.29, 0.717) is 11.6 Å². The third-order valence-corrected chi connectivity index (χ3v) is 2.45. The molecule has 0 saturated carbocycles. The van der Waals surface area contributed by atoms with Gasteiger partial charge in [-0.05, 0) is 35.9 Å². The Morgan fingerprint density at radius 3 is 2.62 bits per heavy atom. The van der Waals surface area contributed by atoms with Crippen molar-refractivity contribution in [2.45, 2.75) is 6.54 Å². The highest BCUT2D eigenvalue weighted by atomic mass is 35.5. The van der Waals surface area contributed by atoms with E-state index in [2.05, 4.69) is 5.32 Å². The van der Waals surface area contributed by atoms with Crippen LogP contribution in [-0.2, 0) is 6.54 Å². The van der Waals surface area contributed by atoms with Gasteiger partial charge in [-0.15, -0.1) is 0 Å². The molecule has 2 aromatic carbocycles. The Labute approximate surface area is 98.9 Å². The Bertz CT molecular complexity index is 439. The largest absolute Gasteiger partial charge is 0.381 e. The predicted molar refractivity (Wildman–Crippen MR) is 65.2 cm³/mol. The van der Waals surface area contributed by atoms with E-state index in [4.69, 9.17) is 11.6 Å². The van der Waals surface area contributed by atoms with Crippen molar-refractivity contribution < 1.29 is 4.39 Å². The molecule has 0 atom stereocenters. The van der Waals surface area contributed by atoms with Crippen LogP contribution in [0.4, 0.5) is 10.1 Å². The van der Waals surface area contributed by atoms with Gasteiger partial charge in [0, 0.05) is 17.3 Å². The summed E-state index contributed by atoms with van der Waals surface area (Å²) in [5, 5.41) is 3.86. The average Bonchev–Trinajstić information content (AvgIpc) is 2.27. The van der Waals surface area contributed by atoms with Crippen molar-refractivity contribution in [2.75, 3.05) is 5.32 Å². The number of rotatable bonds is 3. The number of benzene rings is 2. The Morgan fingerprint density at radius 1 is 1.06 bits per heavy atom. The molecule has 0 aliphatic carbocycles. The molecule has 3 heteroatoms. The molecule has 2 rings (SSSR count). The molecular formula is C13H11ClFN. The minimum absolute atomic E-state index is 0.217. The lowest BCUT2D eigenvalue weighted by Gasteiger charge is -2.06. The molecule has 0 fully saturated rings. The minimum atomic E-state index is -0.217. The molecule has 0 aromatic heterocycles. The third-order valence-electron chi connectivity index (χ3n) is 2.21. The Kier molecular flexibility index (Phi) is 3.42. The van der Waals surface area contributed by atoms with Gasteiger partial charge in [-0.3, -0.25) is 0 Å². The fraction of sp³-hybridized carbons (Fsp3) is 0.0769. The molecule has 16 heavy (non-hydrogen) atoms. The van der Waals surface area contributed by atoms with Gasteiger partial charge in [-0.1, -0.05) is 29.8 Å². The van der Waals surface area contributed by atoms with Crippen LogP contribution >= 0.6 is 11.6 Å². The minimum Gasteiger partial charge on any atom is -0.381 e. The molecule has 1 nitrogen and oxygen atoms in total. The lowest BCUT2D eigenvalue weighted by Crippen LogP contribution is -1.99. The van der Waals surface area contributed by atoms with Gasteiger partial charge in [-0.2, -0.15) is 0 Å². The van der Waals surface area contributed by atoms with Gasteiger partial charge in [-0.25, -0.2) is 4.39 Å². The quantitative estimate of drug-likeness (QED) is 0.845. The number of nitrogens with one attached hydrogen (secondary N) is 1. The van der Waals surface area contributed by atoms with Gasteiger partial charge >= 0.3 is 0 Å². The maximum Gasteiger partial charge on any atom is 0.123 e. The first-order valence-corrected chi connectivity index (χ1v) is 5.36. The second kappa shape index (κ2) is 4.99. The van der Waals surface area contributed by atoms with E-state index in [0.717, 1.165) is 11.3 Å². The Morgan fingerprint density at radius 2 is 1.88 bits per heavy atom. The van der Waals surface area contributed by atoms with Gasteiger partial charge in [0.25, 0.3) is 0 Å². The van der Waals surface area contributed by atoms with Crippen LogP contribution in [0, 0.1) is 5.82 Å². The molecule has 0 bridgehead atoms. The van der Waals surface area contributed by atoms with E-state index in [9.17, 15) is 4.39 Å². The Balaban J connectivity index is 2.02. The number of halogens is 2. The van der Waals surface area contributed by atoms with Crippen LogP contribution in [0.15, 0.2) is 48.5 Å². The fourth-order valence-electron chi connectivity index (χ4n) is 1.45. The van der Waals surface area contributed by atoms with Crippen molar-refractivity contribution in [3.8, 4) is 0 Å². The number of hydrogen-bond donors (Lipinski definition) is 1. The number of anilines is 1. The standard InChI is InChI=1S/C13H11ClFN/c14-11-4-2-6-13(8-11)16-9-10-3-1-5-12(15)7-10/h1-8,16H,9H2. The topological polar surface area (TPSA) is 12.0 Å². The van der Waals surface area contributed by atoms with E-state index in [-0.39, 0.29) is 5.82 Å². The highest BCUT2D eigenvalue weighted by Crippen LogP contribution is 2.15. The molecule has 0 spiro atoms. The Hall–Kier alpha value is -1.54. The molecule has 0 heterocycles. The molecular weight excluding hydrogens is 225 g/mol. The second-order valence-electron chi connectivity index (χ2n) is 3.49. The van der Waals surface area contributed by atoms with Crippen LogP contribution in [0.1, 0.15) is 5.56 Å². The molecule has 1 N–H and O–H groups in total. The van der Waals surface area contributed by atoms with E-state index >= 15 is 0 Å². The first kappa shape index (κ1) is 11.0. The van der Waals surface area contributed by atoms with Crippen molar-refractivity contribution >= 4 is 17.3 Å². The molecule has 82 valence electrons. The normalized spacial score (nSPS) is 10.1. The zero-order chi connectivity index (χ0) is 11.4. The van der Waals surface area contributed by atoms with E-state index in [1.54, 1.807) is 6.07 Å². The summed E-state index contributed by atoms with van der Waals surface area (Å²) < 4.78 is 12.9. The highest BCUT2D eigenvalue weighted by Gasteiger charge is 1.96. The first-order valence-electron chi connectivity index (χ1n) is 4.98. The summed E-state index contributed by atoms with van der Waals surface area (Å²) in [5.74, 6) is -0.217. The van der Waals surface area contributed by atoms with Gasteiger partial charge in [0.1, 0.15) is 5.82 Å².